The molecule has 4 aromatic rings. The zero-order chi connectivity index (χ0) is 28.7. The van der Waals surface area contributed by atoms with E-state index >= 15 is 0 Å². The molecule has 4 aromatic carbocycles. The Morgan fingerprint density at radius 3 is 1.18 bits per heavy atom. The van der Waals surface area contributed by atoms with Gasteiger partial charge in [0.05, 0.1) is 36.7 Å². The van der Waals surface area contributed by atoms with Crippen LogP contribution in [-0.2, 0) is 32.6 Å². The van der Waals surface area contributed by atoms with Crippen molar-refractivity contribution in [2.45, 2.75) is 26.9 Å². The van der Waals surface area contributed by atoms with Crippen molar-refractivity contribution in [3.63, 3.8) is 0 Å². The molecule has 0 atom stereocenters. The zero-order valence-electron chi connectivity index (χ0n) is 25.8. The van der Waals surface area contributed by atoms with Gasteiger partial charge >= 0.3 is 30.9 Å². The molecule has 0 spiro atoms. The molecule has 0 fully saturated rings. The fraction of sp³-hybridized carbons (Fsp3) is 0.250. The van der Waals surface area contributed by atoms with Crippen molar-refractivity contribution in [3.8, 4) is 11.5 Å². The third-order valence-electron chi connectivity index (χ3n) is 6.07. The van der Waals surface area contributed by atoms with Gasteiger partial charge in [0.15, 0.2) is 21.5 Å². The quantitative estimate of drug-likeness (QED) is 0.124. The Hall–Kier alpha value is -3.30. The Labute approximate surface area is 304 Å². The van der Waals surface area contributed by atoms with Gasteiger partial charge in [0.1, 0.15) is 0 Å². The summed E-state index contributed by atoms with van der Waals surface area (Å²) in [6.07, 6.45) is 0. The first-order valence-corrected chi connectivity index (χ1v) is 13.2. The van der Waals surface area contributed by atoms with Crippen LogP contribution in [0.15, 0.2) is 97.1 Å². The molecule has 0 heterocycles. The molecule has 0 N–H and O–H groups in total. The number of halogens is 4. The number of hydrogen-bond acceptors (Lipinski definition) is 6. The molecule has 0 unspecified atom stereocenters. The summed E-state index contributed by atoms with van der Waals surface area (Å²) < 4.78 is 11.3. The van der Waals surface area contributed by atoms with Crippen molar-refractivity contribution in [3.05, 3.63) is 118 Å². The topological polar surface area (TPSA) is 81.2 Å². The fourth-order valence-electron chi connectivity index (χ4n) is 4.19. The van der Waals surface area contributed by atoms with E-state index in [2.05, 4.69) is 44.0 Å². The van der Waals surface area contributed by atoms with Crippen molar-refractivity contribution in [2.75, 3.05) is 37.1 Å². The molecule has 0 aliphatic heterocycles. The third kappa shape index (κ3) is 14.6. The maximum Gasteiger partial charge on any atom is 2.00 e. The maximum absolute atomic E-state index is 8.85. The number of benzene rings is 4. The van der Waals surface area contributed by atoms with E-state index in [4.69, 9.17) is 20.3 Å². The average Bonchev–Trinajstić information content (AvgIpc) is 2.98. The van der Waals surface area contributed by atoms with Crippen LogP contribution in [0.25, 0.3) is 9.95 Å². The van der Waals surface area contributed by atoms with Crippen LogP contribution in [0.2, 0.25) is 0 Å². The van der Waals surface area contributed by atoms with E-state index in [9.17, 15) is 0 Å². The van der Waals surface area contributed by atoms with Crippen molar-refractivity contribution in [1.82, 2.24) is 0 Å². The normalized spacial score (nSPS) is 8.76. The number of diazo groups is 2. The van der Waals surface area contributed by atoms with Crippen LogP contribution < -0.4 is 68.9 Å². The van der Waals surface area contributed by atoms with Crippen molar-refractivity contribution >= 4 is 22.7 Å². The molecule has 13 heteroatoms. The summed E-state index contributed by atoms with van der Waals surface area (Å²) in [5.41, 5.74) is 5.39. The van der Waals surface area contributed by atoms with Gasteiger partial charge in [-0.05, 0) is 37.1 Å². The number of nitrogens with zero attached hydrogens (tertiary/aromatic N) is 6. The first kappa shape index (κ1) is 46.1. The van der Waals surface area contributed by atoms with Crippen LogP contribution in [0.3, 0.4) is 0 Å². The Morgan fingerprint density at radius 1 is 0.556 bits per heavy atom. The van der Waals surface area contributed by atoms with E-state index in [1.807, 2.05) is 76.5 Å². The molecule has 8 nitrogen and oxygen atoms in total. The van der Waals surface area contributed by atoms with Gasteiger partial charge in [-0.2, -0.15) is 0 Å². The Kier molecular flexibility index (Phi) is 25.6. The monoisotopic (exact) mass is 740 g/mol. The molecule has 0 amide bonds. The van der Waals surface area contributed by atoms with Gasteiger partial charge in [0, 0.05) is 39.3 Å². The van der Waals surface area contributed by atoms with Gasteiger partial charge < -0.3 is 68.9 Å². The predicted molar refractivity (Wildman–Crippen MR) is 162 cm³/mol. The molecule has 0 saturated heterocycles. The first-order valence-electron chi connectivity index (χ1n) is 13.2. The third-order valence-corrected chi connectivity index (χ3v) is 6.07. The van der Waals surface area contributed by atoms with Gasteiger partial charge in [0.2, 0.25) is 10.8 Å². The maximum atomic E-state index is 8.85. The summed E-state index contributed by atoms with van der Waals surface area (Å²) in [5, 5.41) is 17.7. The summed E-state index contributed by atoms with van der Waals surface area (Å²) in [6, 6.07) is 31.3. The molecule has 4 rings (SSSR count). The van der Waals surface area contributed by atoms with Crippen molar-refractivity contribution in [2.24, 2.45) is 0 Å². The van der Waals surface area contributed by atoms with E-state index in [-0.39, 0.29) is 69.1 Å². The smallest absolute Gasteiger partial charge is 1.00 e. The van der Waals surface area contributed by atoms with Gasteiger partial charge in [-0.1, -0.05) is 60.7 Å². The first-order chi connectivity index (χ1) is 19.5. The van der Waals surface area contributed by atoms with Crippen LogP contribution in [0, 0.1) is 10.8 Å². The van der Waals surface area contributed by atoms with Crippen LogP contribution in [0.5, 0.6) is 11.5 Å². The molecule has 0 saturated carbocycles. The molecule has 0 aliphatic carbocycles. The van der Waals surface area contributed by atoms with Gasteiger partial charge in [0.25, 0.3) is 0 Å². The van der Waals surface area contributed by atoms with E-state index in [0.29, 0.717) is 24.6 Å². The number of ether oxygens (including phenoxy) is 2. The van der Waals surface area contributed by atoms with E-state index < -0.39 is 0 Å². The number of hydrogen-bond donors (Lipinski definition) is 0. The molecule has 0 bridgehead atoms. The number of rotatable bonds is 10. The summed E-state index contributed by atoms with van der Waals surface area (Å²) in [6.45, 7) is 6.59. The Morgan fingerprint density at radius 2 is 0.889 bits per heavy atom. The van der Waals surface area contributed by atoms with E-state index in [0.717, 1.165) is 36.0 Å². The zero-order valence-corrected chi connectivity index (χ0v) is 31.8. The standard InChI is InChI=1S/2C16H18N3O.4ClH.Zn/c2*1-3-20-16-11-14(18-17)9-10-15(16)19(2)12-13-7-5-4-6-8-13;;;;;/h2*4-11H,3,12H2,1-2H3;4*1H;/q2*+1;;;;;+2/p-4. The minimum absolute atomic E-state index is 0. The Balaban J connectivity index is -0.000000706. The summed E-state index contributed by atoms with van der Waals surface area (Å²) in [5.74, 6) is 1.45. The van der Waals surface area contributed by atoms with Crippen LogP contribution in [0.1, 0.15) is 25.0 Å². The molecular formula is C32H36Cl4N6O2Zn. The largest absolute Gasteiger partial charge is 2.00 e. The second-order valence-electron chi connectivity index (χ2n) is 9.05. The number of anilines is 2. The molecule has 45 heavy (non-hydrogen) atoms. The Bertz CT molecular complexity index is 1350. The second kappa shape index (κ2) is 25.0. The summed E-state index contributed by atoms with van der Waals surface area (Å²) in [4.78, 5) is 10.6. The van der Waals surface area contributed by atoms with Crippen molar-refractivity contribution < 1.29 is 78.6 Å². The molecule has 0 aliphatic rings. The minimum atomic E-state index is 0. The molecule has 236 valence electrons. The van der Waals surface area contributed by atoms with Gasteiger partial charge in [-0.15, -0.1) is 0 Å². The van der Waals surface area contributed by atoms with Crippen LogP contribution in [0.4, 0.5) is 22.7 Å². The average molecular weight is 744 g/mol. The molecular weight excluding hydrogens is 708 g/mol. The van der Waals surface area contributed by atoms with Crippen molar-refractivity contribution in [1.29, 1.82) is 10.8 Å². The summed E-state index contributed by atoms with van der Waals surface area (Å²) >= 11 is 0. The SMILES string of the molecule is CCOc1cc([N+]#N)ccc1N(C)Cc1ccccc1.CCOc1cc([N+]#N)ccc1N(C)Cc1ccccc1.[Cl-].[Cl-].[Cl-].[Cl-].[Zn+2]. The van der Waals surface area contributed by atoms with E-state index in [1.165, 1.54) is 11.1 Å². The minimum Gasteiger partial charge on any atom is -1.00 e. The van der Waals surface area contributed by atoms with Gasteiger partial charge in [-0.3, -0.25) is 0 Å². The summed E-state index contributed by atoms with van der Waals surface area (Å²) in [7, 11) is 4.03. The van der Waals surface area contributed by atoms with Crippen LogP contribution in [-0.4, -0.2) is 27.3 Å². The fourth-order valence-corrected chi connectivity index (χ4v) is 4.19. The van der Waals surface area contributed by atoms with Crippen LogP contribution >= 0.6 is 0 Å². The second-order valence-corrected chi connectivity index (χ2v) is 9.05. The predicted octanol–water partition coefficient (Wildman–Crippen LogP) is -3.57. The molecule has 0 radical (unpaired) electrons. The molecule has 0 aromatic heterocycles. The van der Waals surface area contributed by atoms with E-state index in [1.54, 1.807) is 24.3 Å². The van der Waals surface area contributed by atoms with Gasteiger partial charge in [-0.25, -0.2) is 0 Å².